The lowest BCUT2D eigenvalue weighted by Gasteiger charge is -2.04. The Hall–Kier alpha value is -1.91. The first-order valence-electron chi connectivity index (χ1n) is 7.37. The molecule has 1 aromatic heterocycles. The number of hydrogen-bond acceptors (Lipinski definition) is 3. The Labute approximate surface area is 121 Å². The second kappa shape index (κ2) is 4.55. The molecule has 21 heavy (non-hydrogen) atoms. The maximum Gasteiger partial charge on any atom is 0.230 e. The number of nitrogens with zero attached hydrogens (tertiary/aromatic N) is 1. The van der Waals surface area contributed by atoms with E-state index in [1.165, 1.54) is 37.8 Å². The van der Waals surface area contributed by atoms with Gasteiger partial charge in [-0.1, -0.05) is 18.0 Å². The van der Waals surface area contributed by atoms with Gasteiger partial charge in [0.25, 0.3) is 0 Å². The van der Waals surface area contributed by atoms with Crippen LogP contribution >= 0.6 is 0 Å². The predicted molar refractivity (Wildman–Crippen MR) is 74.5 cm³/mol. The van der Waals surface area contributed by atoms with Gasteiger partial charge in [0.1, 0.15) is 11.6 Å². The molecule has 0 bridgehead atoms. The number of nitrogens with two attached hydrogens (primary N) is 1. The molecule has 1 aromatic carbocycles. The first-order valence-corrected chi connectivity index (χ1v) is 7.37. The van der Waals surface area contributed by atoms with Gasteiger partial charge in [0.05, 0.1) is 11.3 Å². The van der Waals surface area contributed by atoms with Crippen LogP contribution in [0.15, 0.2) is 22.7 Å². The number of halogens is 2. The van der Waals surface area contributed by atoms with Crippen LogP contribution in [0.3, 0.4) is 0 Å². The molecule has 0 spiro atoms. The lowest BCUT2D eigenvalue weighted by molar-refractivity contribution is 0.426. The standard InChI is InChI=1S/C16H16F2N2O/c17-8-5-6-11(12(18)7-8)14-15(20-21-16(14)19)13-9-3-1-2-4-10(9)13/h5-7,9-10,13H,1-4,19H2. The topological polar surface area (TPSA) is 52.0 Å². The fourth-order valence-electron chi connectivity index (χ4n) is 3.90. The summed E-state index contributed by atoms with van der Waals surface area (Å²) in [5.41, 5.74) is 7.37. The number of fused-ring (bicyclic) bond motifs is 1. The molecule has 2 fully saturated rings. The third-order valence-electron chi connectivity index (χ3n) is 4.92. The summed E-state index contributed by atoms with van der Waals surface area (Å²) in [5.74, 6) is 0.422. The maximum absolute atomic E-state index is 14.1. The van der Waals surface area contributed by atoms with E-state index in [0.29, 0.717) is 23.3 Å². The van der Waals surface area contributed by atoms with Crippen LogP contribution in [-0.4, -0.2) is 5.16 Å². The van der Waals surface area contributed by atoms with Crippen molar-refractivity contribution in [2.24, 2.45) is 11.8 Å². The minimum absolute atomic E-state index is 0.110. The minimum atomic E-state index is -0.630. The normalized spacial score (nSPS) is 27.4. The van der Waals surface area contributed by atoms with Gasteiger partial charge in [-0.2, -0.15) is 0 Å². The van der Waals surface area contributed by atoms with E-state index in [4.69, 9.17) is 10.3 Å². The summed E-state index contributed by atoms with van der Waals surface area (Å²) in [7, 11) is 0. The molecule has 3 nitrogen and oxygen atoms in total. The lowest BCUT2D eigenvalue weighted by Crippen LogP contribution is -1.94. The van der Waals surface area contributed by atoms with Crippen molar-refractivity contribution in [1.29, 1.82) is 0 Å². The molecule has 2 saturated carbocycles. The Kier molecular flexibility index (Phi) is 2.77. The second-order valence-corrected chi connectivity index (χ2v) is 6.07. The maximum atomic E-state index is 14.1. The van der Waals surface area contributed by atoms with Crippen LogP contribution < -0.4 is 5.73 Å². The number of nitrogen functional groups attached to an aromatic ring is 1. The van der Waals surface area contributed by atoms with Crippen LogP contribution in [0.2, 0.25) is 0 Å². The second-order valence-electron chi connectivity index (χ2n) is 6.07. The van der Waals surface area contributed by atoms with Gasteiger partial charge in [-0.15, -0.1) is 0 Å². The van der Waals surface area contributed by atoms with Gasteiger partial charge < -0.3 is 10.3 Å². The minimum Gasteiger partial charge on any atom is -0.367 e. The Bertz CT molecular complexity index is 686. The Morgan fingerprint density at radius 1 is 1.14 bits per heavy atom. The molecule has 2 aromatic rings. The largest absolute Gasteiger partial charge is 0.367 e. The van der Waals surface area contributed by atoms with Gasteiger partial charge in [0.15, 0.2) is 0 Å². The molecule has 2 N–H and O–H groups in total. The highest BCUT2D eigenvalue weighted by Gasteiger charge is 2.54. The monoisotopic (exact) mass is 290 g/mol. The van der Waals surface area contributed by atoms with E-state index in [9.17, 15) is 8.78 Å². The van der Waals surface area contributed by atoms with E-state index in [1.54, 1.807) is 0 Å². The molecule has 0 saturated heterocycles. The van der Waals surface area contributed by atoms with Crippen LogP contribution in [0, 0.1) is 23.5 Å². The lowest BCUT2D eigenvalue weighted by atomic mass is 10.0. The Morgan fingerprint density at radius 3 is 2.52 bits per heavy atom. The van der Waals surface area contributed by atoms with Gasteiger partial charge in [-0.3, -0.25) is 0 Å². The summed E-state index contributed by atoms with van der Waals surface area (Å²) in [6.07, 6.45) is 4.86. The van der Waals surface area contributed by atoms with Gasteiger partial charge in [-0.25, -0.2) is 8.78 Å². The van der Waals surface area contributed by atoms with Crippen molar-refractivity contribution in [3.8, 4) is 11.1 Å². The van der Waals surface area contributed by atoms with Crippen LogP contribution in [-0.2, 0) is 0 Å². The molecule has 5 heteroatoms. The molecule has 2 aliphatic rings. The van der Waals surface area contributed by atoms with E-state index in [-0.39, 0.29) is 11.4 Å². The van der Waals surface area contributed by atoms with Crippen molar-refractivity contribution in [2.45, 2.75) is 31.6 Å². The molecule has 1 heterocycles. The molecular formula is C16H16F2N2O. The SMILES string of the molecule is Nc1onc(C2C3CCCCC32)c1-c1ccc(F)cc1F. The number of aromatic nitrogens is 1. The van der Waals surface area contributed by atoms with Gasteiger partial charge in [-0.05, 0) is 36.8 Å². The van der Waals surface area contributed by atoms with E-state index >= 15 is 0 Å². The smallest absolute Gasteiger partial charge is 0.230 e. The third-order valence-corrected chi connectivity index (χ3v) is 4.92. The van der Waals surface area contributed by atoms with Crippen molar-refractivity contribution in [3.63, 3.8) is 0 Å². The van der Waals surface area contributed by atoms with Crippen molar-refractivity contribution in [3.05, 3.63) is 35.5 Å². The van der Waals surface area contributed by atoms with Crippen LogP contribution in [0.4, 0.5) is 14.7 Å². The molecule has 4 rings (SSSR count). The average molecular weight is 290 g/mol. The average Bonchev–Trinajstić information content (AvgIpc) is 3.08. The highest BCUT2D eigenvalue weighted by molar-refractivity contribution is 5.76. The molecular weight excluding hydrogens is 274 g/mol. The predicted octanol–water partition coefficient (Wildman–Crippen LogP) is 4.11. The summed E-state index contributed by atoms with van der Waals surface area (Å²) >= 11 is 0. The van der Waals surface area contributed by atoms with Crippen molar-refractivity contribution in [1.82, 2.24) is 5.16 Å². The van der Waals surface area contributed by atoms with E-state index in [2.05, 4.69) is 5.16 Å². The van der Waals surface area contributed by atoms with Gasteiger partial charge in [0.2, 0.25) is 5.88 Å². The first-order chi connectivity index (χ1) is 10.2. The molecule has 2 aliphatic carbocycles. The number of benzene rings is 1. The quantitative estimate of drug-likeness (QED) is 0.905. The highest BCUT2D eigenvalue weighted by Crippen LogP contribution is 2.62. The van der Waals surface area contributed by atoms with Crippen molar-refractivity contribution in [2.75, 3.05) is 5.73 Å². The first kappa shape index (κ1) is 12.8. The fraction of sp³-hybridized carbons (Fsp3) is 0.438. The zero-order valence-electron chi connectivity index (χ0n) is 11.5. The highest BCUT2D eigenvalue weighted by atomic mass is 19.1. The zero-order valence-corrected chi connectivity index (χ0v) is 11.5. The number of hydrogen-bond donors (Lipinski definition) is 1. The molecule has 2 atom stereocenters. The Morgan fingerprint density at radius 2 is 1.86 bits per heavy atom. The van der Waals surface area contributed by atoms with E-state index in [0.717, 1.165) is 11.8 Å². The fourth-order valence-corrected chi connectivity index (χ4v) is 3.90. The molecule has 0 aliphatic heterocycles. The Balaban J connectivity index is 1.77. The van der Waals surface area contributed by atoms with Crippen molar-refractivity contribution >= 4 is 5.88 Å². The third kappa shape index (κ3) is 1.94. The molecule has 110 valence electrons. The molecule has 0 amide bonds. The zero-order chi connectivity index (χ0) is 14.6. The number of rotatable bonds is 2. The molecule has 0 radical (unpaired) electrons. The summed E-state index contributed by atoms with van der Waals surface area (Å²) in [5, 5.41) is 4.08. The van der Waals surface area contributed by atoms with E-state index < -0.39 is 11.6 Å². The van der Waals surface area contributed by atoms with Gasteiger partial charge in [0, 0.05) is 17.5 Å². The number of anilines is 1. The molecule has 2 unspecified atom stereocenters. The van der Waals surface area contributed by atoms with Crippen LogP contribution in [0.25, 0.3) is 11.1 Å². The summed E-state index contributed by atoms with van der Waals surface area (Å²) in [4.78, 5) is 0. The van der Waals surface area contributed by atoms with Gasteiger partial charge >= 0.3 is 0 Å². The summed E-state index contributed by atoms with van der Waals surface area (Å²) in [6.45, 7) is 0. The van der Waals surface area contributed by atoms with Crippen molar-refractivity contribution < 1.29 is 13.3 Å². The summed E-state index contributed by atoms with van der Waals surface area (Å²) < 4.78 is 32.3. The summed E-state index contributed by atoms with van der Waals surface area (Å²) in [6, 6.07) is 3.50. The van der Waals surface area contributed by atoms with Crippen LogP contribution in [0.1, 0.15) is 37.3 Å². The van der Waals surface area contributed by atoms with E-state index in [1.807, 2.05) is 0 Å². The van der Waals surface area contributed by atoms with Crippen LogP contribution in [0.5, 0.6) is 0 Å².